The van der Waals surface area contributed by atoms with Gasteiger partial charge >= 0.3 is 23.9 Å². The van der Waals surface area contributed by atoms with Crippen molar-refractivity contribution in [3.8, 4) is 0 Å². The summed E-state index contributed by atoms with van der Waals surface area (Å²) in [5.74, 6) is -3.80. The number of unbranched alkanes of at least 4 members (excludes halogenated alkanes) is 1. The highest BCUT2D eigenvalue weighted by Gasteiger charge is 2.24. The van der Waals surface area contributed by atoms with Crippen molar-refractivity contribution in [2.45, 2.75) is 71.9 Å². The summed E-state index contributed by atoms with van der Waals surface area (Å²) in [6, 6.07) is -3.49. The topological polar surface area (TPSA) is 165 Å². The third-order valence-electron chi connectivity index (χ3n) is 3.02. The molecule has 27 heavy (non-hydrogen) atoms. The van der Waals surface area contributed by atoms with E-state index in [0.29, 0.717) is 6.42 Å². The Balaban J connectivity index is -0.00000134. The molecule has 0 bridgehead atoms. The van der Waals surface area contributed by atoms with Gasteiger partial charge in [-0.25, -0.2) is 14.4 Å². The number of hydrogen-bond acceptors (Lipinski definition) is 5. The van der Waals surface area contributed by atoms with E-state index in [4.69, 9.17) is 15.3 Å². The van der Waals surface area contributed by atoms with Gasteiger partial charge in [0.2, 0.25) is 0 Å². The molecule has 160 valence electrons. The Hall–Kier alpha value is -2.36. The SMILES string of the molecule is CC.CC.CNCCCC[C@H](NC(=O)N[C@@H](CCC(=O)O)C(=O)O)C(=O)O. The highest BCUT2D eigenvalue weighted by molar-refractivity contribution is 5.86. The average Bonchev–Trinajstić information content (AvgIpc) is 2.64. The van der Waals surface area contributed by atoms with Crippen molar-refractivity contribution in [2.75, 3.05) is 13.6 Å². The first-order chi connectivity index (χ1) is 12.8. The van der Waals surface area contributed by atoms with E-state index in [-0.39, 0.29) is 12.8 Å². The van der Waals surface area contributed by atoms with Gasteiger partial charge in [-0.3, -0.25) is 4.79 Å². The van der Waals surface area contributed by atoms with Crippen molar-refractivity contribution >= 4 is 23.9 Å². The van der Waals surface area contributed by atoms with Gasteiger partial charge in [0.05, 0.1) is 0 Å². The Labute approximate surface area is 160 Å². The average molecular weight is 393 g/mol. The highest BCUT2D eigenvalue weighted by Crippen LogP contribution is 2.02. The molecule has 0 saturated carbocycles. The number of amides is 2. The molecule has 0 aromatic heterocycles. The van der Waals surface area contributed by atoms with Crippen molar-refractivity contribution in [2.24, 2.45) is 0 Å². The lowest BCUT2D eigenvalue weighted by atomic mass is 10.1. The van der Waals surface area contributed by atoms with E-state index >= 15 is 0 Å². The zero-order valence-corrected chi connectivity index (χ0v) is 16.9. The van der Waals surface area contributed by atoms with Crippen LogP contribution < -0.4 is 16.0 Å². The molecule has 2 atom stereocenters. The largest absolute Gasteiger partial charge is 0.481 e. The van der Waals surface area contributed by atoms with Gasteiger partial charge in [-0.15, -0.1) is 0 Å². The molecule has 0 aliphatic carbocycles. The molecular weight excluding hydrogens is 358 g/mol. The third-order valence-corrected chi connectivity index (χ3v) is 3.02. The first kappa shape index (κ1) is 29.4. The van der Waals surface area contributed by atoms with Crippen molar-refractivity contribution in [1.29, 1.82) is 0 Å². The number of hydrogen-bond donors (Lipinski definition) is 6. The van der Waals surface area contributed by atoms with E-state index in [1.54, 1.807) is 7.05 Å². The summed E-state index contributed by atoms with van der Waals surface area (Å²) in [7, 11) is 1.77. The quantitative estimate of drug-likeness (QED) is 0.271. The predicted octanol–water partition coefficient (Wildman–Crippen LogP) is 1.50. The molecule has 10 nitrogen and oxygen atoms in total. The molecule has 0 spiro atoms. The standard InChI is InChI=1S/C13H23N3O7.2C2H6/c1-14-7-3-2-4-8(11(19)20)15-13(23)16-9(12(21)22)5-6-10(17)18;2*1-2/h8-9,14H,2-7H2,1H3,(H,17,18)(H,19,20)(H,21,22)(H2,15,16,23);2*1-2H3/t8-,9-;;/m0../s1. The second-order valence-electron chi connectivity index (χ2n) is 4.93. The Morgan fingerprint density at radius 2 is 1.22 bits per heavy atom. The lowest BCUT2D eigenvalue weighted by Crippen LogP contribution is -2.51. The van der Waals surface area contributed by atoms with E-state index in [9.17, 15) is 19.2 Å². The molecule has 6 N–H and O–H groups in total. The molecular formula is C17H35N3O7. The number of carbonyl (C=O) groups is 4. The van der Waals surface area contributed by atoms with Crippen LogP contribution in [0.25, 0.3) is 0 Å². The fourth-order valence-corrected chi connectivity index (χ4v) is 1.79. The zero-order valence-electron chi connectivity index (χ0n) is 16.9. The monoisotopic (exact) mass is 393 g/mol. The second-order valence-corrected chi connectivity index (χ2v) is 4.93. The summed E-state index contributed by atoms with van der Waals surface area (Å²) in [6.07, 6.45) is 0.790. The van der Waals surface area contributed by atoms with Gasteiger partial charge in [-0.05, 0) is 39.3 Å². The molecule has 0 aliphatic heterocycles. The molecule has 0 radical (unpaired) electrons. The number of urea groups is 1. The molecule has 0 aromatic carbocycles. The molecule has 0 rings (SSSR count). The van der Waals surface area contributed by atoms with Crippen LogP contribution in [-0.2, 0) is 14.4 Å². The highest BCUT2D eigenvalue weighted by atomic mass is 16.4. The van der Waals surface area contributed by atoms with Crippen LogP contribution in [0.15, 0.2) is 0 Å². The fraction of sp³-hybridized carbons (Fsp3) is 0.765. The van der Waals surface area contributed by atoms with E-state index in [1.165, 1.54) is 0 Å². The first-order valence-electron chi connectivity index (χ1n) is 9.17. The summed E-state index contributed by atoms with van der Waals surface area (Å²) < 4.78 is 0. The normalized spacial score (nSPS) is 11.4. The molecule has 2 amide bonds. The summed E-state index contributed by atoms with van der Waals surface area (Å²) in [5, 5.41) is 33.7. The van der Waals surface area contributed by atoms with Crippen LogP contribution in [0.2, 0.25) is 0 Å². The van der Waals surface area contributed by atoms with Crippen molar-refractivity contribution < 1.29 is 34.5 Å². The molecule has 0 fully saturated rings. The van der Waals surface area contributed by atoms with Crippen LogP contribution in [0.5, 0.6) is 0 Å². The minimum atomic E-state index is -1.40. The van der Waals surface area contributed by atoms with Gasteiger partial charge in [-0.1, -0.05) is 27.7 Å². The van der Waals surface area contributed by atoms with E-state index < -0.39 is 42.4 Å². The lowest BCUT2D eigenvalue weighted by molar-refractivity contribution is -0.140. The maximum Gasteiger partial charge on any atom is 0.326 e. The minimum Gasteiger partial charge on any atom is -0.481 e. The van der Waals surface area contributed by atoms with E-state index in [2.05, 4.69) is 16.0 Å². The summed E-state index contributed by atoms with van der Waals surface area (Å²) >= 11 is 0. The molecule has 0 heterocycles. The maximum absolute atomic E-state index is 11.7. The summed E-state index contributed by atoms with van der Waals surface area (Å²) in [5.41, 5.74) is 0. The van der Waals surface area contributed by atoms with Crippen molar-refractivity contribution in [3.05, 3.63) is 0 Å². The summed E-state index contributed by atoms with van der Waals surface area (Å²) in [4.78, 5) is 44.2. The Morgan fingerprint density at radius 3 is 1.59 bits per heavy atom. The van der Waals surface area contributed by atoms with Gasteiger partial charge in [0.1, 0.15) is 12.1 Å². The zero-order chi connectivity index (χ0) is 21.8. The van der Waals surface area contributed by atoms with Gasteiger partial charge in [0, 0.05) is 6.42 Å². The van der Waals surface area contributed by atoms with E-state index in [1.807, 2.05) is 27.7 Å². The number of nitrogens with one attached hydrogen (secondary N) is 3. The van der Waals surface area contributed by atoms with Crippen LogP contribution in [0.3, 0.4) is 0 Å². The minimum absolute atomic E-state index is 0.206. The number of carbonyl (C=O) groups excluding carboxylic acids is 1. The summed E-state index contributed by atoms with van der Waals surface area (Å²) in [6.45, 7) is 8.72. The lowest BCUT2D eigenvalue weighted by Gasteiger charge is -2.18. The Morgan fingerprint density at radius 1 is 0.778 bits per heavy atom. The number of carboxylic acid groups (broad SMARTS) is 3. The van der Waals surface area contributed by atoms with Crippen LogP contribution in [-0.4, -0.2) is 64.9 Å². The molecule has 0 aliphatic rings. The number of rotatable bonds is 12. The van der Waals surface area contributed by atoms with Crippen molar-refractivity contribution in [3.63, 3.8) is 0 Å². The van der Waals surface area contributed by atoms with Crippen LogP contribution in [0.1, 0.15) is 59.8 Å². The van der Waals surface area contributed by atoms with Gasteiger partial charge in [-0.2, -0.15) is 0 Å². The maximum atomic E-state index is 11.7. The molecule has 0 aromatic rings. The van der Waals surface area contributed by atoms with E-state index in [0.717, 1.165) is 13.0 Å². The first-order valence-corrected chi connectivity index (χ1v) is 9.17. The van der Waals surface area contributed by atoms with Gasteiger partial charge in [0.15, 0.2) is 0 Å². The fourth-order valence-electron chi connectivity index (χ4n) is 1.79. The van der Waals surface area contributed by atoms with Gasteiger partial charge < -0.3 is 31.3 Å². The van der Waals surface area contributed by atoms with Crippen LogP contribution >= 0.6 is 0 Å². The molecule has 10 heteroatoms. The van der Waals surface area contributed by atoms with Crippen LogP contribution in [0.4, 0.5) is 4.79 Å². The second kappa shape index (κ2) is 20.0. The van der Waals surface area contributed by atoms with Gasteiger partial charge in [0.25, 0.3) is 0 Å². The molecule has 0 unspecified atom stereocenters. The Bertz CT molecular complexity index is 431. The Kier molecular flexibility index (Phi) is 21.7. The number of carboxylic acids is 3. The predicted molar refractivity (Wildman–Crippen MR) is 102 cm³/mol. The smallest absolute Gasteiger partial charge is 0.326 e. The number of aliphatic carboxylic acids is 3. The van der Waals surface area contributed by atoms with Crippen molar-refractivity contribution in [1.82, 2.24) is 16.0 Å². The third kappa shape index (κ3) is 18.2. The van der Waals surface area contributed by atoms with Crippen LogP contribution in [0, 0.1) is 0 Å². The molecule has 0 saturated heterocycles.